The summed E-state index contributed by atoms with van der Waals surface area (Å²) in [6, 6.07) is 6.88. The van der Waals surface area contributed by atoms with Gasteiger partial charge in [0.25, 0.3) is 0 Å². The molecule has 2 heteroatoms. The van der Waals surface area contributed by atoms with E-state index in [1.807, 2.05) is 0 Å². The van der Waals surface area contributed by atoms with E-state index in [4.69, 9.17) is 4.74 Å². The Hall–Kier alpha value is -1.02. The van der Waals surface area contributed by atoms with Crippen molar-refractivity contribution < 1.29 is 4.74 Å². The summed E-state index contributed by atoms with van der Waals surface area (Å²) in [5.41, 5.74) is 2.96. The molecule has 1 N–H and O–H groups in total. The smallest absolute Gasteiger partial charge is 0.123 e. The number of ether oxygens (including phenoxy) is 1. The van der Waals surface area contributed by atoms with Gasteiger partial charge in [0.2, 0.25) is 0 Å². The molecule has 2 rings (SSSR count). The summed E-state index contributed by atoms with van der Waals surface area (Å²) in [5.74, 6) is 1.01. The second-order valence-corrected chi connectivity index (χ2v) is 6.18. The van der Waals surface area contributed by atoms with Crippen LogP contribution in [0.1, 0.15) is 56.2 Å². The summed E-state index contributed by atoms with van der Waals surface area (Å²) in [6.07, 6.45) is 6.69. The third kappa shape index (κ3) is 2.94. The highest BCUT2D eigenvalue weighted by Gasteiger charge is 2.36. The zero-order valence-electron chi connectivity index (χ0n) is 12.8. The van der Waals surface area contributed by atoms with E-state index >= 15 is 0 Å². The molecule has 2 nitrogen and oxygen atoms in total. The molecule has 1 aliphatic rings. The van der Waals surface area contributed by atoms with Crippen molar-refractivity contribution in [2.75, 3.05) is 14.2 Å². The Kier molecular flexibility index (Phi) is 4.51. The lowest BCUT2D eigenvalue weighted by Crippen LogP contribution is -2.36. The summed E-state index contributed by atoms with van der Waals surface area (Å²) in [5, 5.41) is 3.55. The molecule has 1 aliphatic carbocycles. The molecule has 1 saturated carbocycles. The molecule has 0 heterocycles. The van der Waals surface area contributed by atoms with E-state index in [1.165, 1.54) is 43.2 Å². The topological polar surface area (TPSA) is 21.3 Å². The second kappa shape index (κ2) is 5.96. The van der Waals surface area contributed by atoms with Crippen LogP contribution in [0, 0.1) is 12.3 Å². The fourth-order valence-corrected chi connectivity index (χ4v) is 3.61. The molecule has 19 heavy (non-hydrogen) atoms. The van der Waals surface area contributed by atoms with E-state index in [1.54, 1.807) is 7.11 Å². The number of methoxy groups -OCH3 is 1. The standard InChI is InChI=1S/C17H27NO/c1-13-8-9-15(19-4)14(12-13)16(18-3)17(2)10-6-5-7-11-17/h8-9,12,16,18H,5-7,10-11H2,1-4H3. The molecule has 0 aliphatic heterocycles. The molecule has 0 radical (unpaired) electrons. The summed E-state index contributed by atoms with van der Waals surface area (Å²) < 4.78 is 5.58. The maximum Gasteiger partial charge on any atom is 0.123 e. The van der Waals surface area contributed by atoms with Crippen LogP contribution in [-0.2, 0) is 0 Å². The number of nitrogens with one attached hydrogen (secondary N) is 1. The first-order valence-corrected chi connectivity index (χ1v) is 7.42. The number of hydrogen-bond acceptors (Lipinski definition) is 2. The first-order valence-electron chi connectivity index (χ1n) is 7.42. The van der Waals surface area contributed by atoms with Crippen molar-refractivity contribution in [2.24, 2.45) is 5.41 Å². The van der Waals surface area contributed by atoms with Crippen LogP contribution < -0.4 is 10.1 Å². The second-order valence-electron chi connectivity index (χ2n) is 6.18. The predicted molar refractivity (Wildman–Crippen MR) is 80.7 cm³/mol. The Morgan fingerprint density at radius 3 is 2.47 bits per heavy atom. The first-order chi connectivity index (χ1) is 9.10. The van der Waals surface area contributed by atoms with Crippen LogP contribution in [0.4, 0.5) is 0 Å². The van der Waals surface area contributed by atoms with E-state index in [0.717, 1.165) is 5.75 Å². The van der Waals surface area contributed by atoms with Crippen molar-refractivity contribution in [3.05, 3.63) is 29.3 Å². The van der Waals surface area contributed by atoms with E-state index in [-0.39, 0.29) is 0 Å². The molecule has 1 unspecified atom stereocenters. The number of rotatable bonds is 4. The predicted octanol–water partition coefficient (Wildman–Crippen LogP) is 4.23. The van der Waals surface area contributed by atoms with Gasteiger partial charge >= 0.3 is 0 Å². The zero-order valence-corrected chi connectivity index (χ0v) is 12.8. The molecular weight excluding hydrogens is 234 g/mol. The third-order valence-corrected chi connectivity index (χ3v) is 4.68. The van der Waals surface area contributed by atoms with Gasteiger partial charge in [0.05, 0.1) is 7.11 Å². The van der Waals surface area contributed by atoms with Crippen LogP contribution in [0.3, 0.4) is 0 Å². The van der Waals surface area contributed by atoms with Crippen molar-refractivity contribution in [1.82, 2.24) is 5.32 Å². The molecule has 0 amide bonds. The van der Waals surface area contributed by atoms with Gasteiger partial charge < -0.3 is 10.1 Å². The van der Waals surface area contributed by atoms with Crippen molar-refractivity contribution in [3.8, 4) is 5.75 Å². The highest BCUT2D eigenvalue weighted by molar-refractivity contribution is 5.40. The maximum absolute atomic E-state index is 5.58. The van der Waals surface area contributed by atoms with Crippen molar-refractivity contribution in [1.29, 1.82) is 0 Å². The van der Waals surface area contributed by atoms with Crippen LogP contribution in [0.25, 0.3) is 0 Å². The Labute approximate surface area is 117 Å². The van der Waals surface area contributed by atoms with Gasteiger partial charge in [0, 0.05) is 11.6 Å². The van der Waals surface area contributed by atoms with E-state index in [0.29, 0.717) is 11.5 Å². The van der Waals surface area contributed by atoms with Gasteiger partial charge in [-0.3, -0.25) is 0 Å². The fourth-order valence-electron chi connectivity index (χ4n) is 3.61. The van der Waals surface area contributed by atoms with Crippen LogP contribution >= 0.6 is 0 Å². The van der Waals surface area contributed by atoms with Crippen molar-refractivity contribution in [2.45, 2.75) is 52.0 Å². The normalized spacial score (nSPS) is 20.0. The van der Waals surface area contributed by atoms with Gasteiger partial charge in [-0.05, 0) is 38.3 Å². The Morgan fingerprint density at radius 2 is 1.89 bits per heavy atom. The maximum atomic E-state index is 5.58. The van der Waals surface area contributed by atoms with Gasteiger partial charge in [-0.25, -0.2) is 0 Å². The molecule has 1 atom stereocenters. The van der Waals surface area contributed by atoms with Crippen molar-refractivity contribution >= 4 is 0 Å². The number of hydrogen-bond donors (Lipinski definition) is 1. The Balaban J connectivity index is 2.38. The van der Waals surface area contributed by atoms with Gasteiger partial charge in [-0.2, -0.15) is 0 Å². The minimum Gasteiger partial charge on any atom is -0.496 e. The largest absolute Gasteiger partial charge is 0.496 e. The van der Waals surface area contributed by atoms with E-state index in [9.17, 15) is 0 Å². The van der Waals surface area contributed by atoms with Crippen LogP contribution in [0.5, 0.6) is 5.75 Å². The molecule has 0 saturated heterocycles. The highest BCUT2D eigenvalue weighted by atomic mass is 16.5. The highest BCUT2D eigenvalue weighted by Crippen LogP contribution is 2.47. The minimum absolute atomic E-state index is 0.341. The fraction of sp³-hybridized carbons (Fsp3) is 0.647. The first kappa shape index (κ1) is 14.4. The average Bonchev–Trinajstić information content (AvgIpc) is 2.40. The molecule has 0 spiro atoms. The minimum atomic E-state index is 0.341. The van der Waals surface area contributed by atoms with E-state index < -0.39 is 0 Å². The summed E-state index contributed by atoms with van der Waals surface area (Å²) in [7, 11) is 3.84. The summed E-state index contributed by atoms with van der Waals surface area (Å²) >= 11 is 0. The molecular formula is C17H27NO. The Morgan fingerprint density at radius 1 is 1.21 bits per heavy atom. The molecule has 0 aromatic heterocycles. The van der Waals surface area contributed by atoms with E-state index in [2.05, 4.69) is 44.4 Å². The molecule has 1 aromatic rings. The SMILES string of the molecule is CNC(c1cc(C)ccc1OC)C1(C)CCCCC1. The van der Waals surface area contributed by atoms with Crippen LogP contribution in [-0.4, -0.2) is 14.2 Å². The van der Waals surface area contributed by atoms with Crippen molar-refractivity contribution in [3.63, 3.8) is 0 Å². The summed E-state index contributed by atoms with van der Waals surface area (Å²) in [6.45, 7) is 4.58. The summed E-state index contributed by atoms with van der Waals surface area (Å²) in [4.78, 5) is 0. The third-order valence-electron chi connectivity index (χ3n) is 4.68. The quantitative estimate of drug-likeness (QED) is 0.875. The number of benzene rings is 1. The van der Waals surface area contributed by atoms with Crippen LogP contribution in [0.2, 0.25) is 0 Å². The van der Waals surface area contributed by atoms with Gasteiger partial charge in [0.1, 0.15) is 5.75 Å². The lowest BCUT2D eigenvalue weighted by Gasteiger charge is -2.41. The van der Waals surface area contributed by atoms with Gasteiger partial charge in [0.15, 0.2) is 0 Å². The number of aryl methyl sites for hydroxylation is 1. The molecule has 106 valence electrons. The van der Waals surface area contributed by atoms with Crippen LogP contribution in [0.15, 0.2) is 18.2 Å². The zero-order chi connectivity index (χ0) is 13.9. The average molecular weight is 261 g/mol. The molecule has 1 aromatic carbocycles. The molecule has 1 fully saturated rings. The lowest BCUT2D eigenvalue weighted by molar-refractivity contribution is 0.148. The Bertz CT molecular complexity index is 421. The van der Waals surface area contributed by atoms with Gasteiger partial charge in [-0.15, -0.1) is 0 Å². The monoisotopic (exact) mass is 261 g/mol. The molecule has 0 bridgehead atoms. The lowest BCUT2D eigenvalue weighted by atomic mass is 9.68. The van der Waals surface area contributed by atoms with Gasteiger partial charge in [-0.1, -0.05) is 43.9 Å².